The van der Waals surface area contributed by atoms with Crippen LogP contribution in [0.3, 0.4) is 0 Å². The zero-order valence-electron chi connectivity index (χ0n) is 8.58. The fraction of sp³-hybridized carbons (Fsp3) is 0.889. The summed E-state index contributed by atoms with van der Waals surface area (Å²) in [7, 11) is 1.56. The van der Waals surface area contributed by atoms with Crippen LogP contribution in [0.1, 0.15) is 20.3 Å². The maximum atomic E-state index is 11.2. The molecule has 0 aliphatic heterocycles. The molecule has 0 fully saturated rings. The normalized spacial score (nSPS) is 15.1. The van der Waals surface area contributed by atoms with Crippen molar-refractivity contribution in [3.63, 3.8) is 0 Å². The van der Waals surface area contributed by atoms with E-state index in [0.29, 0.717) is 6.61 Å². The third kappa shape index (κ3) is 4.85. The van der Waals surface area contributed by atoms with Gasteiger partial charge in [0.2, 0.25) is 0 Å². The number of hydrogen-bond donors (Lipinski definition) is 1. The van der Waals surface area contributed by atoms with Gasteiger partial charge in [0.15, 0.2) is 0 Å². The molecule has 4 heteroatoms. The topological polar surface area (TPSA) is 61.6 Å². The molecule has 0 spiro atoms. The summed E-state index contributed by atoms with van der Waals surface area (Å²) in [5.41, 5.74) is 5.64. The highest BCUT2D eigenvalue weighted by Gasteiger charge is 2.20. The van der Waals surface area contributed by atoms with Gasteiger partial charge >= 0.3 is 5.97 Å². The Balaban J connectivity index is 3.69. The Morgan fingerprint density at radius 2 is 2.08 bits per heavy atom. The largest absolute Gasteiger partial charge is 0.462 e. The summed E-state index contributed by atoms with van der Waals surface area (Å²) < 4.78 is 9.62. The predicted molar refractivity (Wildman–Crippen MR) is 50.3 cm³/mol. The van der Waals surface area contributed by atoms with E-state index in [1.54, 1.807) is 7.11 Å². The molecule has 0 bridgehead atoms. The Labute approximate surface area is 79.4 Å². The van der Waals surface area contributed by atoms with Crippen LogP contribution in [0, 0.1) is 5.92 Å². The van der Waals surface area contributed by atoms with Crippen LogP contribution >= 0.6 is 0 Å². The molecule has 0 saturated heterocycles. The van der Waals surface area contributed by atoms with Gasteiger partial charge in [-0.3, -0.25) is 4.79 Å². The molecule has 1 unspecified atom stereocenters. The molecular weight excluding hydrogens is 170 g/mol. The van der Waals surface area contributed by atoms with Crippen LogP contribution in [-0.4, -0.2) is 32.3 Å². The quantitative estimate of drug-likeness (QED) is 0.489. The number of ether oxygens (including phenoxy) is 2. The van der Waals surface area contributed by atoms with Crippen molar-refractivity contribution >= 4 is 5.97 Å². The first-order valence-electron chi connectivity index (χ1n) is 4.54. The van der Waals surface area contributed by atoms with Crippen molar-refractivity contribution in [2.24, 2.45) is 11.7 Å². The van der Waals surface area contributed by atoms with Gasteiger partial charge in [0, 0.05) is 7.11 Å². The van der Waals surface area contributed by atoms with Gasteiger partial charge < -0.3 is 15.2 Å². The Bertz CT molecular complexity index is 150. The van der Waals surface area contributed by atoms with Crippen molar-refractivity contribution < 1.29 is 14.3 Å². The third-order valence-corrected chi connectivity index (χ3v) is 2.06. The number of hydrogen-bond acceptors (Lipinski definition) is 4. The Hall–Kier alpha value is -0.610. The minimum Gasteiger partial charge on any atom is -0.462 e. The van der Waals surface area contributed by atoms with Gasteiger partial charge in [-0.15, -0.1) is 0 Å². The summed E-state index contributed by atoms with van der Waals surface area (Å²) >= 11 is 0. The van der Waals surface area contributed by atoms with Crippen LogP contribution < -0.4 is 5.73 Å². The number of nitrogens with two attached hydrogens (primary N) is 1. The van der Waals surface area contributed by atoms with E-state index in [0.717, 1.165) is 6.42 Å². The molecule has 2 N–H and O–H groups in total. The van der Waals surface area contributed by atoms with E-state index in [2.05, 4.69) is 0 Å². The summed E-state index contributed by atoms with van der Waals surface area (Å²) in [6.07, 6.45) is 0.876. The lowest BCUT2D eigenvalue weighted by Gasteiger charge is -2.16. The van der Waals surface area contributed by atoms with Gasteiger partial charge in [-0.25, -0.2) is 0 Å². The number of rotatable bonds is 6. The van der Waals surface area contributed by atoms with Gasteiger partial charge in [-0.2, -0.15) is 0 Å². The lowest BCUT2D eigenvalue weighted by molar-refractivity contribution is -0.147. The van der Waals surface area contributed by atoms with Crippen LogP contribution in [0.4, 0.5) is 0 Å². The van der Waals surface area contributed by atoms with Crippen molar-refractivity contribution in [3.05, 3.63) is 0 Å². The van der Waals surface area contributed by atoms with Crippen LogP contribution in [-0.2, 0) is 14.3 Å². The molecular formula is C9H19NO3. The van der Waals surface area contributed by atoms with E-state index in [-0.39, 0.29) is 18.5 Å². The van der Waals surface area contributed by atoms with E-state index >= 15 is 0 Å². The fourth-order valence-electron chi connectivity index (χ4n) is 0.808. The van der Waals surface area contributed by atoms with E-state index < -0.39 is 6.04 Å². The number of carbonyl (C=O) groups is 1. The van der Waals surface area contributed by atoms with Crippen molar-refractivity contribution in [3.8, 4) is 0 Å². The number of methoxy groups -OCH3 is 1. The van der Waals surface area contributed by atoms with Gasteiger partial charge in [0.1, 0.15) is 12.6 Å². The highest BCUT2D eigenvalue weighted by Crippen LogP contribution is 2.06. The fourth-order valence-corrected chi connectivity index (χ4v) is 0.808. The maximum absolute atomic E-state index is 11.2. The average Bonchev–Trinajstić information content (AvgIpc) is 2.15. The molecule has 0 aliphatic rings. The lowest BCUT2D eigenvalue weighted by Crippen LogP contribution is -2.38. The van der Waals surface area contributed by atoms with Crippen LogP contribution in [0.2, 0.25) is 0 Å². The van der Waals surface area contributed by atoms with Gasteiger partial charge in [0.25, 0.3) is 0 Å². The maximum Gasteiger partial charge on any atom is 0.323 e. The SMILES string of the molecule is CCC(C)[C@H](N)C(=O)OCCOC. The summed E-state index contributed by atoms with van der Waals surface area (Å²) in [5, 5.41) is 0. The van der Waals surface area contributed by atoms with E-state index in [4.69, 9.17) is 15.2 Å². The molecule has 0 aromatic heterocycles. The van der Waals surface area contributed by atoms with E-state index in [9.17, 15) is 4.79 Å². The van der Waals surface area contributed by atoms with E-state index in [1.807, 2.05) is 13.8 Å². The standard InChI is InChI=1S/C9H19NO3/c1-4-7(2)8(10)9(11)13-6-5-12-3/h7-8H,4-6,10H2,1-3H3/t7?,8-/m0/s1. The Kier molecular flexibility index (Phi) is 6.54. The molecule has 0 aliphatic carbocycles. The second-order valence-electron chi connectivity index (χ2n) is 3.07. The predicted octanol–water partition coefficient (Wildman–Crippen LogP) is 0.549. The molecule has 0 saturated carbocycles. The molecule has 0 amide bonds. The summed E-state index contributed by atoms with van der Waals surface area (Å²) in [6.45, 7) is 4.62. The van der Waals surface area contributed by atoms with Crippen molar-refractivity contribution in [2.45, 2.75) is 26.3 Å². The number of esters is 1. The molecule has 0 heterocycles. The Morgan fingerprint density at radius 3 is 2.54 bits per heavy atom. The first-order chi connectivity index (χ1) is 6.13. The van der Waals surface area contributed by atoms with Gasteiger partial charge in [-0.05, 0) is 5.92 Å². The summed E-state index contributed by atoms with van der Waals surface area (Å²) in [4.78, 5) is 11.2. The Morgan fingerprint density at radius 1 is 1.46 bits per heavy atom. The zero-order chi connectivity index (χ0) is 10.3. The van der Waals surface area contributed by atoms with Gasteiger partial charge in [-0.1, -0.05) is 20.3 Å². The minimum absolute atomic E-state index is 0.162. The van der Waals surface area contributed by atoms with Crippen LogP contribution in [0.25, 0.3) is 0 Å². The lowest BCUT2D eigenvalue weighted by atomic mass is 10.0. The van der Waals surface area contributed by atoms with Gasteiger partial charge in [0.05, 0.1) is 6.61 Å². The number of carbonyl (C=O) groups excluding carboxylic acids is 1. The second kappa shape index (κ2) is 6.86. The zero-order valence-corrected chi connectivity index (χ0v) is 8.58. The summed E-state index contributed by atoms with van der Waals surface area (Å²) in [5.74, 6) is -0.179. The molecule has 0 radical (unpaired) electrons. The molecule has 4 nitrogen and oxygen atoms in total. The third-order valence-electron chi connectivity index (χ3n) is 2.06. The van der Waals surface area contributed by atoms with Crippen molar-refractivity contribution in [1.82, 2.24) is 0 Å². The second-order valence-corrected chi connectivity index (χ2v) is 3.07. The highest BCUT2D eigenvalue weighted by molar-refractivity contribution is 5.75. The molecule has 0 aromatic carbocycles. The molecule has 0 rings (SSSR count). The highest BCUT2D eigenvalue weighted by atomic mass is 16.6. The monoisotopic (exact) mass is 189 g/mol. The van der Waals surface area contributed by atoms with Crippen molar-refractivity contribution in [1.29, 1.82) is 0 Å². The molecule has 13 heavy (non-hydrogen) atoms. The molecule has 2 atom stereocenters. The van der Waals surface area contributed by atoms with E-state index in [1.165, 1.54) is 0 Å². The molecule has 0 aromatic rings. The molecule has 78 valence electrons. The van der Waals surface area contributed by atoms with Crippen LogP contribution in [0.15, 0.2) is 0 Å². The van der Waals surface area contributed by atoms with Crippen LogP contribution in [0.5, 0.6) is 0 Å². The minimum atomic E-state index is -0.512. The first-order valence-corrected chi connectivity index (χ1v) is 4.54. The smallest absolute Gasteiger partial charge is 0.323 e. The average molecular weight is 189 g/mol. The first kappa shape index (κ1) is 12.4. The summed E-state index contributed by atoms with van der Waals surface area (Å²) in [6, 6.07) is -0.512. The van der Waals surface area contributed by atoms with Crippen molar-refractivity contribution in [2.75, 3.05) is 20.3 Å².